The standard InChI is InChI=1S/C19H19N3O3S/c1-21-12-10-16-17(4-2-5-18(16)21)19(23)20-14-6-8-15(9-7-14)22-11-3-13-26(22,24)25/h2,4-10,12H,3,11,13H2,1H3,(H,20,23). The van der Waals surface area contributed by atoms with Gasteiger partial charge in [-0.2, -0.15) is 0 Å². The Balaban J connectivity index is 1.56. The maximum atomic E-state index is 12.7. The Morgan fingerprint density at radius 2 is 1.85 bits per heavy atom. The average Bonchev–Trinajstić information content (AvgIpc) is 3.18. The minimum atomic E-state index is -3.20. The summed E-state index contributed by atoms with van der Waals surface area (Å²) in [6.45, 7) is 0.504. The Morgan fingerprint density at radius 1 is 1.08 bits per heavy atom. The summed E-state index contributed by atoms with van der Waals surface area (Å²) in [5, 5.41) is 3.78. The Labute approximate surface area is 152 Å². The molecule has 134 valence electrons. The Bertz CT molecular complexity index is 1080. The Morgan fingerprint density at radius 3 is 2.54 bits per heavy atom. The van der Waals surface area contributed by atoms with E-state index in [1.54, 1.807) is 30.3 Å². The first-order valence-corrected chi connectivity index (χ1v) is 10.0. The van der Waals surface area contributed by atoms with Gasteiger partial charge >= 0.3 is 0 Å². The van der Waals surface area contributed by atoms with Gasteiger partial charge in [0.2, 0.25) is 10.0 Å². The minimum absolute atomic E-state index is 0.187. The predicted molar refractivity (Wildman–Crippen MR) is 103 cm³/mol. The monoisotopic (exact) mass is 369 g/mol. The van der Waals surface area contributed by atoms with Crippen LogP contribution >= 0.6 is 0 Å². The van der Waals surface area contributed by atoms with Crippen LogP contribution in [-0.2, 0) is 17.1 Å². The van der Waals surface area contributed by atoms with Crippen LogP contribution < -0.4 is 9.62 Å². The Hall–Kier alpha value is -2.80. The van der Waals surface area contributed by atoms with Gasteiger partial charge in [-0.25, -0.2) is 8.42 Å². The number of hydrogen-bond acceptors (Lipinski definition) is 3. The van der Waals surface area contributed by atoms with Crippen molar-refractivity contribution < 1.29 is 13.2 Å². The number of hydrogen-bond donors (Lipinski definition) is 1. The van der Waals surface area contributed by atoms with Gasteiger partial charge in [-0.15, -0.1) is 0 Å². The maximum absolute atomic E-state index is 12.7. The summed E-state index contributed by atoms with van der Waals surface area (Å²) < 4.78 is 27.4. The highest BCUT2D eigenvalue weighted by Gasteiger charge is 2.28. The molecule has 1 saturated heterocycles. The second-order valence-electron chi connectivity index (χ2n) is 6.41. The molecule has 3 aromatic rings. The van der Waals surface area contributed by atoms with Crippen LogP contribution in [0.5, 0.6) is 0 Å². The van der Waals surface area contributed by atoms with Gasteiger partial charge in [0, 0.05) is 41.9 Å². The first-order valence-electron chi connectivity index (χ1n) is 8.41. The van der Waals surface area contributed by atoms with Crippen molar-refractivity contribution in [2.45, 2.75) is 6.42 Å². The lowest BCUT2D eigenvalue weighted by Crippen LogP contribution is -2.25. The largest absolute Gasteiger partial charge is 0.351 e. The van der Waals surface area contributed by atoms with Gasteiger partial charge in [0.25, 0.3) is 5.91 Å². The number of aryl methyl sites for hydroxylation is 1. The van der Waals surface area contributed by atoms with Crippen molar-refractivity contribution in [1.29, 1.82) is 0 Å². The van der Waals surface area contributed by atoms with E-state index in [1.807, 2.05) is 36.0 Å². The summed E-state index contributed by atoms with van der Waals surface area (Å²) in [5.41, 5.74) is 2.86. The van der Waals surface area contributed by atoms with Crippen molar-refractivity contribution in [3.63, 3.8) is 0 Å². The fourth-order valence-corrected chi connectivity index (χ4v) is 4.90. The van der Waals surface area contributed by atoms with Crippen LogP contribution in [-0.4, -0.2) is 31.2 Å². The van der Waals surface area contributed by atoms with E-state index in [4.69, 9.17) is 0 Å². The zero-order valence-electron chi connectivity index (χ0n) is 14.3. The van der Waals surface area contributed by atoms with Crippen molar-refractivity contribution in [1.82, 2.24) is 4.57 Å². The highest BCUT2D eigenvalue weighted by Crippen LogP contribution is 2.26. The van der Waals surface area contributed by atoms with Crippen LogP contribution in [0, 0.1) is 0 Å². The molecule has 26 heavy (non-hydrogen) atoms. The fraction of sp³-hybridized carbons (Fsp3) is 0.211. The van der Waals surface area contributed by atoms with Gasteiger partial charge in [0.15, 0.2) is 0 Å². The quantitative estimate of drug-likeness (QED) is 0.771. The molecule has 1 N–H and O–H groups in total. The smallest absolute Gasteiger partial charge is 0.256 e. The molecule has 2 heterocycles. The normalized spacial score (nSPS) is 16.1. The molecule has 0 aliphatic carbocycles. The highest BCUT2D eigenvalue weighted by atomic mass is 32.2. The van der Waals surface area contributed by atoms with Crippen molar-refractivity contribution in [2.24, 2.45) is 7.05 Å². The van der Waals surface area contributed by atoms with E-state index in [1.165, 1.54) is 4.31 Å². The predicted octanol–water partition coefficient (Wildman–Crippen LogP) is 2.97. The summed E-state index contributed by atoms with van der Waals surface area (Å²) in [6, 6.07) is 14.5. The lowest BCUT2D eigenvalue weighted by Gasteiger charge is -2.17. The van der Waals surface area contributed by atoms with Gasteiger partial charge in [0.05, 0.1) is 11.4 Å². The summed E-state index contributed by atoms with van der Waals surface area (Å²) in [6.07, 6.45) is 2.56. The number of fused-ring (bicyclic) bond motifs is 1. The highest BCUT2D eigenvalue weighted by molar-refractivity contribution is 7.93. The van der Waals surface area contributed by atoms with E-state index in [0.717, 1.165) is 10.9 Å². The number of anilines is 2. The molecule has 1 aliphatic rings. The molecule has 1 fully saturated rings. The van der Waals surface area contributed by atoms with E-state index in [-0.39, 0.29) is 11.7 Å². The number of nitrogens with one attached hydrogen (secondary N) is 1. The van der Waals surface area contributed by atoms with E-state index >= 15 is 0 Å². The molecule has 0 atom stereocenters. The number of carbonyl (C=O) groups is 1. The molecular formula is C19H19N3O3S. The van der Waals surface area contributed by atoms with E-state index < -0.39 is 10.0 Å². The molecular weight excluding hydrogens is 350 g/mol. The van der Waals surface area contributed by atoms with Gasteiger partial charge in [0.1, 0.15) is 0 Å². The van der Waals surface area contributed by atoms with Crippen LogP contribution in [0.3, 0.4) is 0 Å². The molecule has 4 rings (SSSR count). The summed E-state index contributed by atoms with van der Waals surface area (Å²) >= 11 is 0. The van der Waals surface area contributed by atoms with Crippen LogP contribution in [0.15, 0.2) is 54.7 Å². The number of carbonyl (C=O) groups excluding carboxylic acids is 1. The Kier molecular flexibility index (Phi) is 3.96. The molecule has 0 spiro atoms. The van der Waals surface area contributed by atoms with E-state index in [0.29, 0.717) is 29.9 Å². The minimum Gasteiger partial charge on any atom is -0.351 e. The van der Waals surface area contributed by atoms with E-state index in [2.05, 4.69) is 5.32 Å². The van der Waals surface area contributed by atoms with Crippen molar-refractivity contribution in [3.8, 4) is 0 Å². The van der Waals surface area contributed by atoms with Crippen LogP contribution in [0.2, 0.25) is 0 Å². The number of aromatic nitrogens is 1. The molecule has 1 aliphatic heterocycles. The molecule has 1 aromatic heterocycles. The number of nitrogens with zero attached hydrogens (tertiary/aromatic N) is 2. The van der Waals surface area contributed by atoms with Gasteiger partial charge in [-0.3, -0.25) is 9.10 Å². The lowest BCUT2D eigenvalue weighted by molar-refractivity contribution is 0.102. The second kappa shape index (κ2) is 6.17. The first-order chi connectivity index (χ1) is 12.5. The van der Waals surface area contributed by atoms with Gasteiger partial charge in [-0.1, -0.05) is 6.07 Å². The molecule has 0 saturated carbocycles. The zero-order chi connectivity index (χ0) is 18.3. The summed E-state index contributed by atoms with van der Waals surface area (Å²) in [5.74, 6) is -0.00428. The molecule has 6 nitrogen and oxygen atoms in total. The van der Waals surface area contributed by atoms with E-state index in [9.17, 15) is 13.2 Å². The first kappa shape index (κ1) is 16.7. The maximum Gasteiger partial charge on any atom is 0.256 e. The molecule has 0 bridgehead atoms. The number of rotatable bonds is 3. The van der Waals surface area contributed by atoms with Crippen molar-refractivity contribution in [3.05, 3.63) is 60.3 Å². The molecule has 1 amide bonds. The summed E-state index contributed by atoms with van der Waals surface area (Å²) in [4.78, 5) is 12.7. The lowest BCUT2D eigenvalue weighted by atomic mass is 10.1. The van der Waals surface area contributed by atoms with Gasteiger partial charge < -0.3 is 9.88 Å². The number of benzene rings is 2. The number of amides is 1. The third kappa shape index (κ3) is 2.84. The molecule has 0 unspecified atom stereocenters. The third-order valence-corrected chi connectivity index (χ3v) is 6.55. The molecule has 2 aromatic carbocycles. The summed E-state index contributed by atoms with van der Waals surface area (Å²) in [7, 11) is -1.26. The topological polar surface area (TPSA) is 71.4 Å². The zero-order valence-corrected chi connectivity index (χ0v) is 15.2. The number of sulfonamides is 1. The third-order valence-electron chi connectivity index (χ3n) is 4.68. The molecule has 7 heteroatoms. The van der Waals surface area contributed by atoms with Crippen molar-refractivity contribution >= 4 is 38.2 Å². The van der Waals surface area contributed by atoms with Crippen LogP contribution in [0.4, 0.5) is 11.4 Å². The van der Waals surface area contributed by atoms with Gasteiger partial charge in [-0.05, 0) is 48.9 Å². The SMILES string of the molecule is Cn1ccc2c(C(=O)Nc3ccc(N4CCCS4(=O)=O)cc3)cccc21. The van der Waals surface area contributed by atoms with Crippen LogP contribution in [0.25, 0.3) is 10.9 Å². The van der Waals surface area contributed by atoms with Crippen molar-refractivity contribution in [2.75, 3.05) is 21.9 Å². The average molecular weight is 369 g/mol. The fourth-order valence-electron chi connectivity index (χ4n) is 3.34. The van der Waals surface area contributed by atoms with Crippen LogP contribution in [0.1, 0.15) is 16.8 Å². The molecule has 0 radical (unpaired) electrons. The second-order valence-corrected chi connectivity index (χ2v) is 8.42.